The molecular weight excluding hydrogens is 662 g/mol. The Kier molecular flexibility index (Phi) is 13.1. The fourth-order valence-electron chi connectivity index (χ4n) is 8.23. The van der Waals surface area contributed by atoms with Gasteiger partial charge in [0.15, 0.2) is 0 Å². The largest absolute Gasteiger partial charge is 0.455 e. The van der Waals surface area contributed by atoms with E-state index in [1.165, 1.54) is 7.11 Å². The zero-order chi connectivity index (χ0) is 37.4. The molecule has 11 nitrogen and oxygen atoms in total. The molecule has 3 amide bonds. The van der Waals surface area contributed by atoms with Crippen molar-refractivity contribution in [3.8, 4) is 0 Å². The van der Waals surface area contributed by atoms with Gasteiger partial charge in [-0.1, -0.05) is 54.6 Å². The molecule has 2 aromatic carbocycles. The van der Waals surface area contributed by atoms with Gasteiger partial charge in [0.05, 0.1) is 30.6 Å². The summed E-state index contributed by atoms with van der Waals surface area (Å²) in [6.45, 7) is 12.1. The van der Waals surface area contributed by atoms with Crippen molar-refractivity contribution in [3.05, 3.63) is 90.5 Å². The highest BCUT2D eigenvalue weighted by Crippen LogP contribution is 2.59. The van der Waals surface area contributed by atoms with E-state index in [0.717, 1.165) is 16.8 Å². The molecule has 3 aliphatic rings. The van der Waals surface area contributed by atoms with Crippen molar-refractivity contribution in [2.24, 2.45) is 11.8 Å². The number of aliphatic hydroxyl groups excluding tert-OH is 1. The molecule has 0 saturated carbocycles. The second-order valence-corrected chi connectivity index (χ2v) is 14.1. The molecule has 0 aromatic heterocycles. The number of hydrogen-bond acceptors (Lipinski definition) is 8. The molecule has 11 heteroatoms. The zero-order valence-corrected chi connectivity index (χ0v) is 30.6. The fraction of sp³-hybridized carbons (Fsp3) is 0.512. The number of likely N-dealkylation sites (tertiary alicyclic amines) is 1. The van der Waals surface area contributed by atoms with Crippen molar-refractivity contribution in [3.63, 3.8) is 0 Å². The van der Waals surface area contributed by atoms with Gasteiger partial charge in [-0.25, -0.2) is 0 Å². The molecule has 280 valence electrons. The minimum absolute atomic E-state index is 0.0304. The summed E-state index contributed by atoms with van der Waals surface area (Å²) in [5.41, 5.74) is 2.04. The van der Waals surface area contributed by atoms with E-state index in [0.29, 0.717) is 44.1 Å². The molecule has 2 N–H and O–H groups in total. The monoisotopic (exact) mass is 715 g/mol. The number of allylic oxidation sites excluding steroid dienone is 1. The fourth-order valence-corrected chi connectivity index (χ4v) is 8.23. The van der Waals surface area contributed by atoms with Crippen LogP contribution in [0.3, 0.4) is 0 Å². The van der Waals surface area contributed by atoms with Crippen molar-refractivity contribution in [2.45, 2.75) is 88.7 Å². The van der Waals surface area contributed by atoms with Gasteiger partial charge >= 0.3 is 5.97 Å². The summed E-state index contributed by atoms with van der Waals surface area (Å²) in [7, 11) is 1.51. The Labute approximate surface area is 307 Å². The van der Waals surface area contributed by atoms with Gasteiger partial charge in [0.25, 0.3) is 5.91 Å². The van der Waals surface area contributed by atoms with Crippen LogP contribution in [0.25, 0.3) is 0 Å². The Balaban J connectivity index is 1.50. The number of rotatable bonds is 19. The van der Waals surface area contributed by atoms with Crippen molar-refractivity contribution < 1.29 is 38.5 Å². The molecule has 0 unspecified atom stereocenters. The van der Waals surface area contributed by atoms with Crippen LogP contribution in [0.4, 0.5) is 5.69 Å². The number of methoxy groups -OCH3 is 1. The van der Waals surface area contributed by atoms with Gasteiger partial charge in [0.2, 0.25) is 11.8 Å². The number of anilines is 1. The summed E-state index contributed by atoms with van der Waals surface area (Å²) < 4.78 is 18.5. The van der Waals surface area contributed by atoms with E-state index in [-0.39, 0.29) is 50.4 Å². The summed E-state index contributed by atoms with van der Waals surface area (Å²) in [4.78, 5) is 60.3. The van der Waals surface area contributed by atoms with Gasteiger partial charge in [-0.2, -0.15) is 0 Å². The van der Waals surface area contributed by atoms with E-state index >= 15 is 0 Å². The van der Waals surface area contributed by atoms with Crippen LogP contribution in [0.2, 0.25) is 0 Å². The second kappa shape index (κ2) is 17.5. The third-order valence-electron chi connectivity index (χ3n) is 10.6. The van der Waals surface area contributed by atoms with Crippen LogP contribution in [0.15, 0.2) is 73.8 Å². The molecule has 5 rings (SSSR count). The SMILES string of the molecule is C=CCCC(=O)N[C@@H](COC)[C@@H](OC(=O)[C@@H]1[C@@H]2CC[C@]3(O2)[C@H](C(=O)N(CC=C)c2cc(C)ccc2C)N(CCCCCO)C(=O)[C@@H]13)c1ccccc1. The van der Waals surface area contributed by atoms with E-state index in [4.69, 9.17) is 14.2 Å². The maximum Gasteiger partial charge on any atom is 0.313 e. The molecule has 52 heavy (non-hydrogen) atoms. The number of fused-ring (bicyclic) bond motifs is 1. The second-order valence-electron chi connectivity index (χ2n) is 14.1. The number of aliphatic hydroxyl groups is 1. The van der Waals surface area contributed by atoms with Gasteiger partial charge in [0.1, 0.15) is 17.7 Å². The Hall–Kier alpha value is -4.32. The van der Waals surface area contributed by atoms with E-state index in [1.807, 2.05) is 62.4 Å². The van der Waals surface area contributed by atoms with Crippen LogP contribution < -0.4 is 10.2 Å². The minimum atomic E-state index is -1.23. The number of carbonyl (C=O) groups excluding carboxylic acids is 4. The maximum atomic E-state index is 14.9. The summed E-state index contributed by atoms with van der Waals surface area (Å²) in [5, 5.41) is 12.4. The number of amides is 3. The first kappa shape index (κ1) is 38.9. The predicted molar refractivity (Wildman–Crippen MR) is 197 cm³/mol. The van der Waals surface area contributed by atoms with Crippen LogP contribution >= 0.6 is 0 Å². The number of benzene rings is 2. The molecule has 0 radical (unpaired) electrons. The Morgan fingerprint density at radius 3 is 2.58 bits per heavy atom. The number of esters is 1. The minimum Gasteiger partial charge on any atom is -0.455 e. The number of unbranched alkanes of at least 4 members (excludes halogenated alkanes) is 2. The molecule has 7 atom stereocenters. The standard InChI is InChI=1S/C41H53N3O8/c1-6-8-17-33(46)42-30(26-50-5)36(29-15-11-9-12-16-29)51-40(49)34-32-20-21-41(52-32)35(34)38(47)44(23-13-10-14-24-45)37(41)39(48)43(22-7-2)31-25-27(3)18-19-28(31)4/h6-7,9,11-12,15-16,18-19,25,30,32,34-37,45H,1-2,8,10,13-14,17,20-24,26H2,3-5H3,(H,42,46)/t30-,32-,34+,35+,36-,37-,41+/m0/s1. The molecule has 3 saturated heterocycles. The molecule has 3 aliphatic heterocycles. The molecule has 3 fully saturated rings. The first-order valence-electron chi connectivity index (χ1n) is 18.3. The first-order chi connectivity index (χ1) is 25.1. The topological polar surface area (TPSA) is 135 Å². The summed E-state index contributed by atoms with van der Waals surface area (Å²) in [5.74, 6) is -3.35. The van der Waals surface area contributed by atoms with E-state index < -0.39 is 47.7 Å². The van der Waals surface area contributed by atoms with Crippen LogP contribution in [-0.4, -0.2) is 90.9 Å². The van der Waals surface area contributed by atoms with Crippen LogP contribution in [0, 0.1) is 25.7 Å². The Morgan fingerprint density at radius 1 is 1.12 bits per heavy atom. The van der Waals surface area contributed by atoms with Gasteiger partial charge in [0, 0.05) is 38.9 Å². The van der Waals surface area contributed by atoms with Crippen LogP contribution in [0.5, 0.6) is 0 Å². The number of nitrogens with one attached hydrogen (secondary N) is 1. The number of ether oxygens (including phenoxy) is 3. The molecule has 2 bridgehead atoms. The first-order valence-corrected chi connectivity index (χ1v) is 18.3. The summed E-state index contributed by atoms with van der Waals surface area (Å²) in [6, 6.07) is 13.4. The van der Waals surface area contributed by atoms with Crippen LogP contribution in [-0.2, 0) is 33.4 Å². The smallest absolute Gasteiger partial charge is 0.313 e. The summed E-state index contributed by atoms with van der Waals surface area (Å²) >= 11 is 0. The lowest BCUT2D eigenvalue weighted by molar-refractivity contribution is -0.163. The van der Waals surface area contributed by atoms with E-state index in [9.17, 15) is 24.3 Å². The predicted octanol–water partition coefficient (Wildman–Crippen LogP) is 4.74. The Morgan fingerprint density at radius 2 is 1.88 bits per heavy atom. The van der Waals surface area contributed by atoms with Gasteiger partial charge in [-0.15, -0.1) is 13.2 Å². The normalized spacial score (nSPS) is 24.2. The number of aryl methyl sites for hydroxylation is 2. The van der Waals surface area contributed by atoms with Crippen molar-refractivity contribution in [1.82, 2.24) is 10.2 Å². The van der Waals surface area contributed by atoms with Gasteiger partial charge in [-0.05, 0) is 75.1 Å². The highest BCUT2D eigenvalue weighted by atomic mass is 16.6. The quantitative estimate of drug-likeness (QED) is 0.121. The average molecular weight is 716 g/mol. The number of nitrogens with zero attached hydrogens (tertiary/aromatic N) is 2. The third-order valence-corrected chi connectivity index (χ3v) is 10.6. The van der Waals surface area contributed by atoms with Crippen LogP contribution in [0.1, 0.15) is 67.7 Å². The van der Waals surface area contributed by atoms with Crippen molar-refractivity contribution >= 4 is 29.4 Å². The van der Waals surface area contributed by atoms with Crippen molar-refractivity contribution in [2.75, 3.05) is 38.3 Å². The lowest BCUT2D eigenvalue weighted by atomic mass is 9.70. The maximum absolute atomic E-state index is 14.9. The van der Waals surface area contributed by atoms with Gasteiger partial charge in [-0.3, -0.25) is 19.2 Å². The van der Waals surface area contributed by atoms with E-state index in [1.54, 1.807) is 22.0 Å². The molecule has 0 aliphatic carbocycles. The highest BCUT2D eigenvalue weighted by Gasteiger charge is 2.75. The van der Waals surface area contributed by atoms with Crippen molar-refractivity contribution in [1.29, 1.82) is 0 Å². The summed E-state index contributed by atoms with van der Waals surface area (Å²) in [6.07, 6.45) is 5.20. The molecule has 2 aromatic rings. The average Bonchev–Trinajstić information content (AvgIpc) is 3.78. The lowest BCUT2D eigenvalue weighted by Crippen LogP contribution is -2.56. The third kappa shape index (κ3) is 7.86. The number of hydrogen-bond donors (Lipinski definition) is 2. The highest BCUT2D eigenvalue weighted by molar-refractivity contribution is 6.05. The van der Waals surface area contributed by atoms with E-state index in [2.05, 4.69) is 18.5 Å². The molecular formula is C41H53N3O8. The molecule has 3 heterocycles. The lowest BCUT2D eigenvalue weighted by Gasteiger charge is -2.37. The van der Waals surface area contributed by atoms with Gasteiger partial charge < -0.3 is 34.4 Å². The molecule has 1 spiro atoms. The zero-order valence-electron chi connectivity index (χ0n) is 30.6. The number of carbonyl (C=O) groups is 4. The Bertz CT molecular complexity index is 1610.